The molecule has 15 heteroatoms. The minimum atomic E-state index is -1.26. The van der Waals surface area contributed by atoms with E-state index in [0.29, 0.717) is 45.4 Å². The van der Waals surface area contributed by atoms with E-state index in [0.717, 1.165) is 11.1 Å². The molecule has 14 nitrogen and oxygen atoms in total. The van der Waals surface area contributed by atoms with Crippen molar-refractivity contribution in [2.75, 3.05) is 18.1 Å². The van der Waals surface area contributed by atoms with E-state index in [-0.39, 0.29) is 52.2 Å². The molecule has 0 aliphatic heterocycles. The van der Waals surface area contributed by atoms with Gasteiger partial charge in [0.05, 0.1) is 34.1 Å². The molecule has 7 N–H and O–H groups in total. The van der Waals surface area contributed by atoms with Gasteiger partial charge in [0.15, 0.2) is 6.61 Å². The third kappa shape index (κ3) is 9.32. The Hall–Kier alpha value is -5.96. The van der Waals surface area contributed by atoms with Crippen LogP contribution in [0.25, 0.3) is 11.1 Å². The van der Waals surface area contributed by atoms with Gasteiger partial charge in [-0.15, -0.1) is 10.2 Å². The molecule has 0 unspecified atom stereocenters. The number of nitrogens with zero attached hydrogens (tertiary/aromatic N) is 6. The number of phenols is 1. The first-order valence-electron chi connectivity index (χ1n) is 14.2. The topological polar surface area (TPSA) is 230 Å². The number of rotatable bonds is 11. The van der Waals surface area contributed by atoms with Crippen molar-refractivity contribution in [1.29, 1.82) is 0 Å². The van der Waals surface area contributed by atoms with Crippen LogP contribution in [-0.2, 0) is 4.79 Å². The van der Waals surface area contributed by atoms with E-state index < -0.39 is 18.5 Å². The normalized spacial score (nSPS) is 11.2. The Kier molecular flexibility index (Phi) is 11.9. The summed E-state index contributed by atoms with van der Waals surface area (Å²) in [4.78, 5) is 22.0. The van der Waals surface area contributed by atoms with Crippen LogP contribution in [0.15, 0.2) is 128 Å². The van der Waals surface area contributed by atoms with Gasteiger partial charge in [0, 0.05) is 6.07 Å². The van der Waals surface area contributed by atoms with Crippen LogP contribution in [0, 0.1) is 6.92 Å². The number of aromatic hydroxyl groups is 1. The molecule has 0 aliphatic carbocycles. The van der Waals surface area contributed by atoms with Crippen molar-refractivity contribution in [1.82, 2.24) is 0 Å². The van der Waals surface area contributed by atoms with Gasteiger partial charge in [-0.1, -0.05) is 30.3 Å². The van der Waals surface area contributed by atoms with Crippen LogP contribution < -0.4 is 45.8 Å². The molecule has 0 saturated carbocycles. The van der Waals surface area contributed by atoms with Crippen LogP contribution in [0.5, 0.6) is 11.5 Å². The first kappa shape index (κ1) is 35.9. The standard InChI is InChI=1S/C34H28N8O6.Na/c1-19-15-28(32(36)33(31(19)35)42-40-24-3-2-4-26(16-24)48-18-30(44)45)41-38-23-11-7-21(8-12-23)20-5-9-22(10-6-20)37-39-25-13-14-29(43)27(17-25)34(46)47;/h2-17,43H,18,35-36H2,1H3,(H,44,45)(H,46,47);/q;+1. The summed E-state index contributed by atoms with van der Waals surface area (Å²) in [7, 11) is 0. The van der Waals surface area contributed by atoms with Crippen molar-refractivity contribution in [2.24, 2.45) is 30.7 Å². The van der Waals surface area contributed by atoms with Crippen molar-refractivity contribution in [2.45, 2.75) is 6.92 Å². The molecular weight excluding hydrogens is 639 g/mol. The minimum absolute atomic E-state index is 0. The number of ether oxygens (including phenoxy) is 1. The first-order chi connectivity index (χ1) is 23.1. The SMILES string of the molecule is Cc1cc(N=Nc2ccc(-c3ccc(N=Nc4ccc(O)c(C(=O)O)c4)cc3)cc2)c(N)c(N=Nc2cccc(OCC(=O)O)c2)c1N.[Na+]. The Balaban J connectivity index is 0.00000541. The van der Waals surface area contributed by atoms with Gasteiger partial charge in [0.1, 0.15) is 28.4 Å². The van der Waals surface area contributed by atoms with Crippen LogP contribution in [0.2, 0.25) is 0 Å². The molecule has 5 aromatic carbocycles. The average Bonchev–Trinajstić information content (AvgIpc) is 3.08. The molecule has 0 spiro atoms. The number of benzene rings is 5. The third-order valence-electron chi connectivity index (χ3n) is 6.84. The summed E-state index contributed by atoms with van der Waals surface area (Å²) >= 11 is 0. The number of aryl methyl sites for hydroxylation is 1. The van der Waals surface area contributed by atoms with Crippen LogP contribution >= 0.6 is 0 Å². The Bertz CT molecular complexity index is 2080. The summed E-state index contributed by atoms with van der Waals surface area (Å²) in [6.07, 6.45) is 0. The van der Waals surface area contributed by atoms with Crippen molar-refractivity contribution in [3.05, 3.63) is 108 Å². The van der Waals surface area contributed by atoms with Gasteiger partial charge < -0.3 is 31.5 Å². The maximum absolute atomic E-state index is 11.2. The molecule has 0 saturated heterocycles. The number of azo groups is 3. The average molecular weight is 668 g/mol. The van der Waals surface area contributed by atoms with Gasteiger partial charge in [-0.05, 0) is 84.3 Å². The number of hydrogen-bond donors (Lipinski definition) is 5. The smallest absolute Gasteiger partial charge is 0.507 e. The summed E-state index contributed by atoms with van der Waals surface area (Å²) < 4.78 is 5.19. The summed E-state index contributed by atoms with van der Waals surface area (Å²) in [6.45, 7) is 1.30. The van der Waals surface area contributed by atoms with E-state index in [1.54, 1.807) is 55.5 Å². The second-order valence-electron chi connectivity index (χ2n) is 10.3. The van der Waals surface area contributed by atoms with Crippen molar-refractivity contribution >= 4 is 57.4 Å². The molecular formula is C34H28N8NaO6+. The second-order valence-corrected chi connectivity index (χ2v) is 10.3. The van der Waals surface area contributed by atoms with Crippen LogP contribution in [0.4, 0.5) is 45.5 Å². The number of anilines is 2. The molecule has 0 atom stereocenters. The number of aromatic carboxylic acids is 1. The van der Waals surface area contributed by atoms with E-state index in [9.17, 15) is 14.7 Å². The van der Waals surface area contributed by atoms with Crippen LogP contribution in [0.1, 0.15) is 15.9 Å². The predicted molar refractivity (Wildman–Crippen MR) is 179 cm³/mol. The van der Waals surface area contributed by atoms with Gasteiger partial charge in [-0.2, -0.15) is 20.5 Å². The van der Waals surface area contributed by atoms with Gasteiger partial charge in [-0.3, -0.25) is 0 Å². The molecule has 0 aliphatic rings. The minimum Gasteiger partial charge on any atom is -0.507 e. The summed E-state index contributed by atoms with van der Waals surface area (Å²) in [5.74, 6) is -2.38. The van der Waals surface area contributed by atoms with Gasteiger partial charge >= 0.3 is 41.5 Å². The fraction of sp³-hybridized carbons (Fsp3) is 0.0588. The third-order valence-corrected chi connectivity index (χ3v) is 6.84. The fourth-order valence-electron chi connectivity index (χ4n) is 4.32. The summed E-state index contributed by atoms with van der Waals surface area (Å²) in [5.41, 5.74) is 17.8. The molecule has 0 amide bonds. The van der Waals surface area contributed by atoms with Crippen molar-refractivity contribution < 1.29 is 59.2 Å². The Morgan fingerprint density at radius 3 is 1.84 bits per heavy atom. The Labute approximate surface area is 301 Å². The molecule has 0 fully saturated rings. The zero-order valence-corrected chi connectivity index (χ0v) is 28.3. The Morgan fingerprint density at radius 2 is 1.22 bits per heavy atom. The number of carboxylic acid groups (broad SMARTS) is 2. The monoisotopic (exact) mass is 667 g/mol. The second kappa shape index (κ2) is 16.2. The van der Waals surface area contributed by atoms with Crippen molar-refractivity contribution in [3.8, 4) is 22.6 Å². The molecule has 49 heavy (non-hydrogen) atoms. The molecule has 0 bridgehead atoms. The van der Waals surface area contributed by atoms with E-state index in [1.165, 1.54) is 24.3 Å². The molecule has 240 valence electrons. The number of nitrogens with two attached hydrogens (primary N) is 2. The number of nitrogen functional groups attached to an aromatic ring is 2. The predicted octanol–water partition coefficient (Wildman–Crippen LogP) is 5.94. The molecule has 0 aromatic heterocycles. The van der Waals surface area contributed by atoms with Crippen LogP contribution in [-0.4, -0.2) is 33.9 Å². The molecule has 0 radical (unpaired) electrons. The van der Waals surface area contributed by atoms with Gasteiger partial charge in [-0.25, -0.2) is 9.59 Å². The van der Waals surface area contributed by atoms with E-state index in [4.69, 9.17) is 26.4 Å². The number of hydrogen-bond acceptors (Lipinski definition) is 12. The maximum atomic E-state index is 11.2. The van der Waals surface area contributed by atoms with E-state index >= 15 is 0 Å². The fourth-order valence-corrected chi connectivity index (χ4v) is 4.32. The number of aliphatic carboxylic acids is 1. The molecule has 5 aromatic rings. The van der Waals surface area contributed by atoms with Gasteiger partial charge in [0.25, 0.3) is 0 Å². The largest absolute Gasteiger partial charge is 1.00 e. The van der Waals surface area contributed by atoms with Crippen molar-refractivity contribution in [3.63, 3.8) is 0 Å². The maximum Gasteiger partial charge on any atom is 1.00 e. The van der Waals surface area contributed by atoms with Crippen LogP contribution in [0.3, 0.4) is 0 Å². The quantitative estimate of drug-likeness (QED) is 0.0641. The van der Waals surface area contributed by atoms with E-state index in [2.05, 4.69) is 30.7 Å². The number of carboxylic acids is 2. The summed E-state index contributed by atoms with van der Waals surface area (Å²) in [5, 5.41) is 52.9. The molecule has 5 rings (SSSR count). The van der Waals surface area contributed by atoms with Gasteiger partial charge in [0.2, 0.25) is 0 Å². The molecule has 0 heterocycles. The zero-order chi connectivity index (χ0) is 34.2. The Morgan fingerprint density at radius 1 is 0.673 bits per heavy atom. The zero-order valence-electron chi connectivity index (χ0n) is 26.3. The number of carbonyl (C=O) groups is 2. The van der Waals surface area contributed by atoms with E-state index in [1.807, 2.05) is 24.3 Å². The summed E-state index contributed by atoms with van der Waals surface area (Å²) in [6, 6.07) is 26.8. The first-order valence-corrected chi connectivity index (χ1v) is 14.2.